The summed E-state index contributed by atoms with van der Waals surface area (Å²) in [6, 6.07) is 0. The Morgan fingerprint density at radius 1 is 0.562 bits per heavy atom. The van der Waals surface area contributed by atoms with Gasteiger partial charge in [0.05, 0.1) is 0 Å². The zero-order valence-electron chi connectivity index (χ0n) is 6.35. The van der Waals surface area contributed by atoms with Gasteiger partial charge in [-0.2, -0.15) is 0 Å². The van der Waals surface area contributed by atoms with E-state index >= 15 is 0 Å². The molecule has 0 aromatic carbocycles. The van der Waals surface area contributed by atoms with Crippen molar-refractivity contribution in [2.45, 2.75) is 0 Å². The Balaban J connectivity index is -0.0000000655. The van der Waals surface area contributed by atoms with Crippen LogP contribution in [0.5, 0.6) is 0 Å². The fourth-order valence-corrected chi connectivity index (χ4v) is 0. The zero-order valence-corrected chi connectivity index (χ0v) is 10.8. The molecule has 0 saturated carbocycles. The normalized spacial score (nSPS) is 10.9. The van der Waals surface area contributed by atoms with E-state index in [0.29, 0.717) is 0 Å². The van der Waals surface area contributed by atoms with Gasteiger partial charge in [-0.25, -0.2) is 25.3 Å². The van der Waals surface area contributed by atoms with Crippen LogP contribution in [-0.4, -0.2) is 38.9 Å². The zero-order chi connectivity index (χ0) is 13.5. The fraction of sp³-hybridized carbons (Fsp3) is 0. The van der Waals surface area contributed by atoms with E-state index in [1.165, 1.54) is 0 Å². The van der Waals surface area contributed by atoms with Gasteiger partial charge >= 0.3 is 38.2 Å². The molecule has 0 aromatic rings. The van der Waals surface area contributed by atoms with Crippen LogP contribution in [0.1, 0.15) is 0 Å². The second-order valence-electron chi connectivity index (χ2n) is 1.18. The molecule has 0 unspecified atom stereocenters. The molecule has 0 aliphatic rings. The molecule has 0 spiro atoms. The molecule has 0 rings (SSSR count). The summed E-state index contributed by atoms with van der Waals surface area (Å²) < 4.78 is 106. The molecule has 16 heavy (non-hydrogen) atoms. The molecule has 0 aromatic heterocycles. The van der Waals surface area contributed by atoms with E-state index in [0.717, 1.165) is 0 Å². The van der Waals surface area contributed by atoms with Crippen LogP contribution in [-0.2, 0) is 31.5 Å². The maximum absolute atomic E-state index is 10.1. The quantitative estimate of drug-likeness (QED) is 0.300. The summed E-state index contributed by atoms with van der Waals surface area (Å²) >= 11 is 0. The molecule has 0 aliphatic carbocycles. The van der Waals surface area contributed by atoms with Crippen molar-refractivity contribution in [3.63, 3.8) is 0 Å². The van der Waals surface area contributed by atoms with Gasteiger partial charge < -0.3 is 13.7 Å². The Bertz CT molecular complexity index is 347. The van der Waals surface area contributed by atoms with E-state index in [9.17, 15) is 11.7 Å². The maximum Gasteiger partial charge on any atom is 3.00 e. The molecule has 0 fully saturated rings. The first-order valence-corrected chi connectivity index (χ1v) is 5.89. The van der Waals surface area contributed by atoms with E-state index in [1.807, 2.05) is 0 Å². The molecule has 0 amide bonds. The number of hydrogen-bond acceptors (Lipinski definition) is 9. The first kappa shape index (κ1) is 25.6. The van der Waals surface area contributed by atoms with Gasteiger partial charge in [0, 0.05) is 0 Å². The van der Waals surface area contributed by atoms with Crippen molar-refractivity contribution >= 4 is 31.5 Å². The first-order valence-electron chi connectivity index (χ1n) is 1.96. The van der Waals surface area contributed by atoms with Crippen molar-refractivity contribution < 1.29 is 88.7 Å². The van der Waals surface area contributed by atoms with Gasteiger partial charge in [-0.05, 0) is 0 Å². The maximum atomic E-state index is 10.1. The van der Waals surface area contributed by atoms with Crippen LogP contribution in [0.15, 0.2) is 0 Å². The molecule has 0 saturated heterocycles. The Kier molecular flexibility index (Phi) is 15.7. The van der Waals surface area contributed by atoms with Crippen LogP contribution in [0.2, 0.25) is 0 Å². The molecule has 0 aliphatic heterocycles. The van der Waals surface area contributed by atoms with Gasteiger partial charge in [0.15, 0.2) is 0 Å². The van der Waals surface area contributed by atoms with Gasteiger partial charge in [0.1, 0.15) is 0 Å². The largest absolute Gasteiger partial charge is 3.00 e. The Morgan fingerprint density at radius 2 is 0.562 bits per heavy atom. The smallest absolute Gasteiger partial charge is 0.722 e. The Morgan fingerprint density at radius 3 is 0.562 bits per heavy atom. The van der Waals surface area contributed by atoms with Gasteiger partial charge in [-0.15, -0.1) is 11.7 Å². The summed E-state index contributed by atoms with van der Waals surface area (Å²) in [6.45, 7) is 0. The molecular weight excluding hydrogens is 460 g/mol. The summed E-state index contributed by atoms with van der Waals surface area (Å²) in [7, 11) is -16.2. The summed E-state index contributed by atoms with van der Waals surface area (Å²) in [4.78, 5) is 0. The average molecular weight is 460 g/mol. The molecule has 1 radical (unpaired) electrons. The molecule has 9 nitrogen and oxygen atoms in total. The third kappa shape index (κ3) is 4480. The van der Waals surface area contributed by atoms with Gasteiger partial charge in [-0.1, -0.05) is 0 Å². The van der Waals surface area contributed by atoms with E-state index in [-0.39, 0.29) is 38.2 Å². The minimum Gasteiger partial charge on any atom is -0.722 e. The Hall–Kier alpha value is 0.793. The second-order valence-corrected chi connectivity index (χ2v) is 3.54. The van der Waals surface area contributed by atoms with Gasteiger partial charge in [0.2, 0.25) is 0 Å². The molecule has 16 heteroatoms. The van der Waals surface area contributed by atoms with Gasteiger partial charge in [0.25, 0.3) is 31.5 Å². The third-order valence-corrected chi connectivity index (χ3v) is 0. The Labute approximate surface area is 119 Å². The van der Waals surface area contributed by atoms with Crippen molar-refractivity contribution in [2.75, 3.05) is 0 Å². The standard InChI is InChI=1S/Dy.3FHO3S/c;3*1-5(2,3)4/h;3*(H,2,3,4)/q+3;;;/p-3. The number of halogens is 3. The summed E-state index contributed by atoms with van der Waals surface area (Å²) in [5, 5.41) is 0. The molecule has 0 N–H and O–H groups in total. The monoisotopic (exact) mass is 461 g/mol. The summed E-state index contributed by atoms with van der Waals surface area (Å²) in [6.07, 6.45) is 0. The topological polar surface area (TPSA) is 172 Å². The van der Waals surface area contributed by atoms with Crippen molar-refractivity contribution in [3.05, 3.63) is 0 Å². The van der Waals surface area contributed by atoms with E-state index in [4.69, 9.17) is 38.9 Å². The van der Waals surface area contributed by atoms with Crippen LogP contribution in [0.25, 0.3) is 0 Å². The predicted octanol–water partition coefficient (Wildman–Crippen LogP) is -1.75. The molecule has 0 atom stereocenters. The van der Waals surface area contributed by atoms with Crippen molar-refractivity contribution in [1.29, 1.82) is 0 Å². The van der Waals surface area contributed by atoms with Crippen LogP contribution >= 0.6 is 0 Å². The number of hydrogen-bond donors (Lipinski definition) is 0. The van der Waals surface area contributed by atoms with Gasteiger partial charge in [-0.3, -0.25) is 0 Å². The predicted molar refractivity (Wildman–Crippen MR) is 32.4 cm³/mol. The molecule has 0 heterocycles. The van der Waals surface area contributed by atoms with Crippen LogP contribution in [0.4, 0.5) is 11.7 Å². The van der Waals surface area contributed by atoms with E-state index < -0.39 is 31.5 Å². The average Bonchev–Trinajstić information content (AvgIpc) is 1.41. The minimum absolute atomic E-state index is 0. The number of rotatable bonds is 0. The second kappa shape index (κ2) is 9.79. The van der Waals surface area contributed by atoms with Crippen LogP contribution in [0.3, 0.4) is 0 Å². The fourth-order valence-electron chi connectivity index (χ4n) is 0. The van der Waals surface area contributed by atoms with Crippen molar-refractivity contribution in [2.24, 2.45) is 0 Å². The van der Waals surface area contributed by atoms with Crippen LogP contribution < -0.4 is 0 Å². The summed E-state index contributed by atoms with van der Waals surface area (Å²) in [5.41, 5.74) is 0. The first-order chi connectivity index (χ1) is 6.00. The van der Waals surface area contributed by atoms with Crippen molar-refractivity contribution in [1.82, 2.24) is 0 Å². The van der Waals surface area contributed by atoms with E-state index in [1.54, 1.807) is 0 Å². The third-order valence-electron chi connectivity index (χ3n) is 0. The molecular formula is DyF3O9S3. The molecule has 103 valence electrons. The van der Waals surface area contributed by atoms with Crippen molar-refractivity contribution in [3.8, 4) is 0 Å². The summed E-state index contributed by atoms with van der Waals surface area (Å²) in [5.74, 6) is 0. The molecule has 0 bridgehead atoms. The van der Waals surface area contributed by atoms with E-state index in [2.05, 4.69) is 0 Å². The minimum atomic E-state index is -5.42. The van der Waals surface area contributed by atoms with Crippen LogP contribution in [0, 0.1) is 38.2 Å². The SMILES string of the molecule is O=S(=O)([O-])F.O=S(=O)([O-])F.O=S(=O)([O-])F.[Dy+3].